The Morgan fingerprint density at radius 2 is 0.839 bits per heavy atom. The van der Waals surface area contributed by atoms with Crippen molar-refractivity contribution in [1.82, 2.24) is 0 Å². The molecular formula is C27H20N2O2+2. The molecule has 4 heteroatoms. The van der Waals surface area contributed by atoms with Gasteiger partial charge in [-0.2, -0.15) is 0 Å². The molecule has 148 valence electrons. The van der Waals surface area contributed by atoms with E-state index in [1.807, 2.05) is 48.8 Å². The molecule has 0 aliphatic carbocycles. The van der Waals surface area contributed by atoms with Crippen LogP contribution in [0.15, 0.2) is 109 Å². The highest BCUT2D eigenvalue weighted by Gasteiger charge is 2.18. The van der Waals surface area contributed by atoms with Gasteiger partial charge in [-0.05, 0) is 24.3 Å². The Bertz CT molecular complexity index is 1460. The van der Waals surface area contributed by atoms with Gasteiger partial charge in [0.1, 0.15) is 0 Å². The molecule has 0 amide bonds. The quantitative estimate of drug-likeness (QED) is 0.247. The molecule has 6 aromatic rings. The van der Waals surface area contributed by atoms with E-state index in [1.165, 1.54) is 10.8 Å². The SMILES string of the molecule is c1ccc2c(c1)c[n+](OCO[n+]1cc3ccccc3c3ccccc31)c1ccccc21. The van der Waals surface area contributed by atoms with E-state index in [-0.39, 0.29) is 6.79 Å². The molecule has 0 atom stereocenters. The maximum absolute atomic E-state index is 6.07. The van der Waals surface area contributed by atoms with E-state index in [2.05, 4.69) is 60.7 Å². The number of nitrogens with zero attached hydrogens (tertiary/aromatic N) is 2. The maximum atomic E-state index is 6.07. The summed E-state index contributed by atoms with van der Waals surface area (Å²) in [5.74, 6) is 0. The topological polar surface area (TPSA) is 26.2 Å². The average molecular weight is 404 g/mol. The van der Waals surface area contributed by atoms with Gasteiger partial charge in [-0.15, -0.1) is 0 Å². The average Bonchev–Trinajstić information content (AvgIpc) is 2.84. The van der Waals surface area contributed by atoms with Crippen LogP contribution in [0.1, 0.15) is 0 Å². The molecule has 0 spiro atoms. The first kappa shape index (κ1) is 17.7. The molecule has 6 rings (SSSR count). The van der Waals surface area contributed by atoms with Gasteiger partial charge in [-0.3, -0.25) is 0 Å². The van der Waals surface area contributed by atoms with Gasteiger partial charge in [0.25, 0.3) is 11.0 Å². The van der Waals surface area contributed by atoms with Crippen LogP contribution in [0.3, 0.4) is 0 Å². The van der Waals surface area contributed by atoms with Crippen LogP contribution in [0, 0.1) is 0 Å². The molecule has 4 aromatic carbocycles. The summed E-state index contributed by atoms with van der Waals surface area (Å²) < 4.78 is 3.59. The molecule has 0 bridgehead atoms. The van der Waals surface area contributed by atoms with Gasteiger partial charge >= 0.3 is 6.79 Å². The third kappa shape index (κ3) is 3.01. The van der Waals surface area contributed by atoms with Gasteiger partial charge in [-0.1, -0.05) is 60.7 Å². The standard InChI is InChI=1S/C27H20N2O2/c1-3-11-22-20(9-1)17-28(26-15-7-5-13-24(22)26)30-19-31-29-18-21-10-2-4-12-23(21)25-14-6-8-16-27(25)29/h1-18H,19H2/q+2. The van der Waals surface area contributed by atoms with E-state index in [9.17, 15) is 0 Å². The summed E-state index contributed by atoms with van der Waals surface area (Å²) in [4.78, 5) is 12.1. The molecule has 2 aromatic heterocycles. The number of hydrogen-bond donors (Lipinski definition) is 0. The molecule has 0 aliphatic rings. The van der Waals surface area contributed by atoms with Gasteiger partial charge in [0.15, 0.2) is 0 Å². The second kappa shape index (κ2) is 7.26. The highest BCUT2D eigenvalue weighted by atomic mass is 16.8. The van der Waals surface area contributed by atoms with Crippen LogP contribution >= 0.6 is 0 Å². The van der Waals surface area contributed by atoms with E-state index >= 15 is 0 Å². The minimum absolute atomic E-state index is 0.0694. The van der Waals surface area contributed by atoms with Crippen molar-refractivity contribution in [2.24, 2.45) is 0 Å². The number of pyridine rings is 2. The third-order valence-electron chi connectivity index (χ3n) is 5.68. The van der Waals surface area contributed by atoms with Crippen molar-refractivity contribution in [2.45, 2.75) is 0 Å². The Morgan fingerprint density at radius 3 is 1.32 bits per heavy atom. The predicted octanol–water partition coefficient (Wildman–Crippen LogP) is 4.39. The van der Waals surface area contributed by atoms with Crippen molar-refractivity contribution in [3.63, 3.8) is 0 Å². The Balaban J connectivity index is 1.37. The molecule has 0 aliphatic heterocycles. The molecule has 4 nitrogen and oxygen atoms in total. The van der Waals surface area contributed by atoms with Crippen LogP contribution in [0.2, 0.25) is 0 Å². The zero-order chi connectivity index (χ0) is 20.6. The van der Waals surface area contributed by atoms with Crippen LogP contribution in [0.25, 0.3) is 43.4 Å². The number of benzene rings is 4. The summed E-state index contributed by atoms with van der Waals surface area (Å²) in [6.07, 6.45) is 4.01. The van der Waals surface area contributed by atoms with Crippen LogP contribution in [-0.4, -0.2) is 6.79 Å². The van der Waals surface area contributed by atoms with Crippen molar-refractivity contribution >= 4 is 43.4 Å². The van der Waals surface area contributed by atoms with Crippen molar-refractivity contribution in [2.75, 3.05) is 6.79 Å². The van der Waals surface area contributed by atoms with Crippen molar-refractivity contribution in [3.8, 4) is 0 Å². The number of fused-ring (bicyclic) bond motifs is 6. The fourth-order valence-corrected chi connectivity index (χ4v) is 4.24. The van der Waals surface area contributed by atoms with E-state index in [4.69, 9.17) is 9.68 Å². The lowest BCUT2D eigenvalue weighted by molar-refractivity contribution is -0.931. The second-order valence-corrected chi connectivity index (χ2v) is 7.49. The molecule has 2 heterocycles. The van der Waals surface area contributed by atoms with Crippen LogP contribution in [0.4, 0.5) is 0 Å². The largest absolute Gasteiger partial charge is 0.364 e. The van der Waals surface area contributed by atoms with Gasteiger partial charge in [-0.25, -0.2) is 9.68 Å². The number of para-hydroxylation sites is 2. The number of hydrogen-bond acceptors (Lipinski definition) is 2. The van der Waals surface area contributed by atoms with Crippen LogP contribution in [0.5, 0.6) is 0 Å². The van der Waals surface area contributed by atoms with E-state index in [1.54, 1.807) is 9.46 Å². The first-order chi connectivity index (χ1) is 15.4. The first-order valence-electron chi connectivity index (χ1n) is 10.3. The smallest absolute Gasteiger partial charge is 0.222 e. The number of rotatable bonds is 4. The lowest BCUT2D eigenvalue weighted by Gasteiger charge is -2.05. The molecule has 0 radical (unpaired) electrons. The summed E-state index contributed by atoms with van der Waals surface area (Å²) in [5, 5.41) is 6.92. The summed E-state index contributed by atoms with van der Waals surface area (Å²) in [6.45, 7) is 0.0694. The molecule has 0 fully saturated rings. The lowest BCUT2D eigenvalue weighted by Crippen LogP contribution is -2.52. The zero-order valence-electron chi connectivity index (χ0n) is 16.8. The summed E-state index contributed by atoms with van der Waals surface area (Å²) in [5.41, 5.74) is 2.00. The van der Waals surface area contributed by atoms with Crippen molar-refractivity contribution in [1.29, 1.82) is 0 Å². The molecule has 31 heavy (non-hydrogen) atoms. The maximum Gasteiger partial charge on any atom is 0.364 e. The van der Waals surface area contributed by atoms with Gasteiger partial charge in [0.2, 0.25) is 12.4 Å². The molecule has 0 saturated carbocycles. The lowest BCUT2D eigenvalue weighted by atomic mass is 10.1. The fourth-order valence-electron chi connectivity index (χ4n) is 4.24. The van der Waals surface area contributed by atoms with Crippen molar-refractivity contribution < 1.29 is 19.1 Å². The van der Waals surface area contributed by atoms with Crippen LogP contribution < -0.4 is 19.1 Å². The molecular weight excluding hydrogens is 384 g/mol. The zero-order valence-corrected chi connectivity index (χ0v) is 16.8. The van der Waals surface area contributed by atoms with Gasteiger partial charge in [0.05, 0.1) is 21.5 Å². The minimum Gasteiger partial charge on any atom is -0.222 e. The molecule has 0 saturated heterocycles. The molecule has 0 N–H and O–H groups in total. The summed E-state index contributed by atoms with van der Waals surface area (Å²) in [6, 6.07) is 33.1. The van der Waals surface area contributed by atoms with E-state index in [0.717, 1.165) is 32.6 Å². The van der Waals surface area contributed by atoms with Crippen molar-refractivity contribution in [3.05, 3.63) is 109 Å². The van der Waals surface area contributed by atoms with E-state index < -0.39 is 0 Å². The number of aromatic nitrogens is 2. The Hall–Kier alpha value is -4.18. The normalized spacial score (nSPS) is 11.4. The Kier molecular flexibility index (Phi) is 4.13. The Morgan fingerprint density at radius 1 is 0.452 bits per heavy atom. The monoisotopic (exact) mass is 404 g/mol. The third-order valence-corrected chi connectivity index (χ3v) is 5.68. The predicted molar refractivity (Wildman–Crippen MR) is 121 cm³/mol. The minimum atomic E-state index is 0.0694. The molecule has 0 unspecified atom stereocenters. The second-order valence-electron chi connectivity index (χ2n) is 7.49. The van der Waals surface area contributed by atoms with Gasteiger partial charge in [0, 0.05) is 32.4 Å². The fraction of sp³-hybridized carbons (Fsp3) is 0.0370. The Labute approximate surface area is 179 Å². The van der Waals surface area contributed by atoms with E-state index in [0.29, 0.717) is 0 Å². The summed E-state index contributed by atoms with van der Waals surface area (Å²) >= 11 is 0. The highest BCUT2D eigenvalue weighted by Crippen LogP contribution is 2.22. The highest BCUT2D eigenvalue weighted by molar-refractivity contribution is 6.04. The van der Waals surface area contributed by atoms with Crippen LogP contribution in [-0.2, 0) is 0 Å². The van der Waals surface area contributed by atoms with Gasteiger partial charge < -0.3 is 0 Å². The first-order valence-corrected chi connectivity index (χ1v) is 10.3. The summed E-state index contributed by atoms with van der Waals surface area (Å²) in [7, 11) is 0.